The Labute approximate surface area is 303 Å². The van der Waals surface area contributed by atoms with Crippen molar-refractivity contribution >= 4 is 53.8 Å². The van der Waals surface area contributed by atoms with Crippen LogP contribution in [-0.4, -0.2) is 110 Å². The maximum Gasteiger partial charge on any atom is 0.409 e. The summed E-state index contributed by atoms with van der Waals surface area (Å²) in [6.07, 6.45) is 1.08. The number of amides is 3. The molecule has 2 saturated heterocycles. The maximum absolute atomic E-state index is 14.0. The van der Waals surface area contributed by atoms with Crippen LogP contribution < -0.4 is 15.0 Å². The predicted octanol–water partition coefficient (Wildman–Crippen LogP) is 3.83. The van der Waals surface area contributed by atoms with Crippen LogP contribution >= 0.6 is 24.2 Å². The number of epoxide rings is 1. The first-order valence-electron chi connectivity index (χ1n) is 16.4. The smallest absolute Gasteiger partial charge is 0.409 e. The third-order valence-electron chi connectivity index (χ3n) is 9.85. The summed E-state index contributed by atoms with van der Waals surface area (Å²) in [4.78, 5) is 55.6. The predicted molar refractivity (Wildman–Crippen MR) is 189 cm³/mol. The van der Waals surface area contributed by atoms with Gasteiger partial charge in [0.05, 0.1) is 25.3 Å². The van der Waals surface area contributed by atoms with Crippen LogP contribution in [0.5, 0.6) is 5.75 Å². The highest BCUT2D eigenvalue weighted by Gasteiger charge is 2.64. The number of anilines is 1. The van der Waals surface area contributed by atoms with Crippen molar-refractivity contribution in [3.05, 3.63) is 46.5 Å². The number of carbonyl (C=O) groups is 4. The van der Waals surface area contributed by atoms with E-state index in [-0.39, 0.29) is 30.2 Å². The number of hydrogen-bond acceptors (Lipinski definition) is 11. The molecule has 0 aliphatic carbocycles. The largest absolute Gasteiger partial charge is 0.495 e. The average Bonchev–Trinajstić information content (AvgIpc) is 3.76. The van der Waals surface area contributed by atoms with Crippen molar-refractivity contribution < 1.29 is 48.0 Å². The Morgan fingerprint density at radius 3 is 2.62 bits per heavy atom. The van der Waals surface area contributed by atoms with Crippen LogP contribution in [0, 0.1) is 5.92 Å². The number of thiol groups is 1. The number of nitrogens with one attached hydrogen (secondary N) is 1. The van der Waals surface area contributed by atoms with Crippen molar-refractivity contribution in [2.45, 2.75) is 95.2 Å². The van der Waals surface area contributed by atoms with E-state index in [2.05, 4.69) is 17.9 Å². The normalized spacial score (nSPS) is 32.3. The zero-order valence-corrected chi connectivity index (χ0v) is 31.4. The number of carbonyl (C=O) groups excluding carboxylic acids is 4. The van der Waals surface area contributed by atoms with E-state index in [4.69, 9.17) is 35.3 Å². The van der Waals surface area contributed by atoms with Crippen LogP contribution in [-0.2, 0) is 39.8 Å². The van der Waals surface area contributed by atoms with E-state index in [1.165, 1.54) is 38.0 Å². The Morgan fingerprint density at radius 1 is 1.28 bits per heavy atom. The number of hydrogen-bond donors (Lipinski definition) is 3. The van der Waals surface area contributed by atoms with Gasteiger partial charge in [-0.05, 0) is 50.6 Å². The molecule has 3 amide bonds. The molecule has 2 unspecified atom stereocenters. The minimum atomic E-state index is -1.82. The number of methoxy groups -OCH3 is 2. The van der Waals surface area contributed by atoms with Crippen molar-refractivity contribution in [1.29, 1.82) is 0 Å². The summed E-state index contributed by atoms with van der Waals surface area (Å²) in [6.45, 7) is 6.96. The lowest BCUT2D eigenvalue weighted by molar-refractivity contribution is -0.161. The first-order valence-corrected chi connectivity index (χ1v) is 17.5. The van der Waals surface area contributed by atoms with Gasteiger partial charge in [-0.2, -0.15) is 12.6 Å². The number of fused-ring (bicyclic) bond motifs is 5. The van der Waals surface area contributed by atoms with Gasteiger partial charge in [-0.1, -0.05) is 42.3 Å². The molecule has 13 nitrogen and oxygen atoms in total. The van der Waals surface area contributed by atoms with Crippen LogP contribution in [0.3, 0.4) is 0 Å². The third kappa shape index (κ3) is 8.42. The van der Waals surface area contributed by atoms with E-state index in [0.29, 0.717) is 23.6 Å². The fourth-order valence-corrected chi connectivity index (χ4v) is 6.99. The van der Waals surface area contributed by atoms with Gasteiger partial charge in [-0.15, -0.1) is 0 Å². The first-order chi connectivity index (χ1) is 23.5. The van der Waals surface area contributed by atoms with Crippen LogP contribution in [0.25, 0.3) is 0 Å². The van der Waals surface area contributed by atoms with Crippen LogP contribution in [0.1, 0.15) is 52.5 Å². The molecule has 1 aromatic carbocycles. The van der Waals surface area contributed by atoms with E-state index < -0.39 is 65.7 Å². The molecule has 0 radical (unpaired) electrons. The molecule has 4 rings (SSSR count). The van der Waals surface area contributed by atoms with E-state index in [1.54, 1.807) is 45.2 Å². The minimum absolute atomic E-state index is 0.0489. The molecule has 15 heteroatoms. The van der Waals surface area contributed by atoms with Gasteiger partial charge in [0.15, 0.2) is 5.72 Å². The number of benzene rings is 1. The summed E-state index contributed by atoms with van der Waals surface area (Å²) in [5.41, 5.74) is -0.903. The molecule has 2 fully saturated rings. The zero-order valence-electron chi connectivity index (χ0n) is 29.7. The third-order valence-corrected chi connectivity index (χ3v) is 10.5. The highest BCUT2D eigenvalue weighted by atomic mass is 35.5. The number of rotatable bonds is 7. The molecule has 0 spiro atoms. The Bertz CT molecular complexity index is 1540. The lowest BCUT2D eigenvalue weighted by atomic mass is 9.83. The molecular weight excluding hydrogens is 690 g/mol. The summed E-state index contributed by atoms with van der Waals surface area (Å²) in [6, 6.07) is 2.60. The van der Waals surface area contributed by atoms with Gasteiger partial charge in [0.2, 0.25) is 11.8 Å². The minimum Gasteiger partial charge on any atom is -0.495 e. The fourth-order valence-electron chi connectivity index (χ4n) is 6.49. The number of allylic oxidation sites excluding steroid dienone is 3. The maximum atomic E-state index is 14.0. The van der Waals surface area contributed by atoms with Crippen molar-refractivity contribution in [1.82, 2.24) is 10.2 Å². The highest BCUT2D eigenvalue weighted by Crippen LogP contribution is 2.49. The van der Waals surface area contributed by atoms with Crippen LogP contribution in [0.4, 0.5) is 10.5 Å². The Morgan fingerprint density at radius 2 is 1.98 bits per heavy atom. The quantitative estimate of drug-likeness (QED) is 0.214. The Kier molecular flexibility index (Phi) is 12.6. The standard InChI is InChI=1S/C35H48ClN3O10S/c1-19-10-9-11-26(46-8)35(44)18-25(47-33(43)37-35)20(2)31-34(4,49-31)27(48-32(42)21(3)38(5)28(40)12-13-50)17-29(41)39(6)23-15-22(14-19)16-24(45-7)30(23)36/h9-11,15-16,20-21,25-27,31,44,50H,12-14,17-18H2,1-8H3,(H,37,43)/b11-9-,19-10+/t20-,21+,25+,26?,27?,31+,34+,35+/m1/s1. The van der Waals surface area contributed by atoms with Gasteiger partial charge in [-0.3, -0.25) is 14.9 Å². The second-order valence-corrected chi connectivity index (χ2v) is 14.2. The molecule has 0 aromatic heterocycles. The molecule has 8 atom stereocenters. The number of nitrogens with zero attached hydrogens (tertiary/aromatic N) is 2. The molecule has 0 saturated carbocycles. The zero-order chi connectivity index (χ0) is 37.1. The topological polar surface area (TPSA) is 156 Å². The molecule has 3 aliphatic heterocycles. The number of ether oxygens (including phenoxy) is 5. The summed E-state index contributed by atoms with van der Waals surface area (Å²) < 4.78 is 29.0. The number of esters is 1. The van der Waals surface area contributed by atoms with Gasteiger partial charge in [-0.25, -0.2) is 9.59 Å². The molecule has 4 bridgehead atoms. The first kappa shape index (κ1) is 39.5. The van der Waals surface area contributed by atoms with Crippen LogP contribution in [0.2, 0.25) is 5.02 Å². The van der Waals surface area contributed by atoms with E-state index in [1.807, 2.05) is 13.0 Å². The number of alkyl carbamates (subject to hydrolysis) is 1. The second-order valence-electron chi connectivity index (χ2n) is 13.4. The van der Waals surface area contributed by atoms with Crippen molar-refractivity contribution in [2.75, 3.05) is 39.0 Å². The van der Waals surface area contributed by atoms with E-state index in [9.17, 15) is 24.3 Å². The van der Waals surface area contributed by atoms with E-state index in [0.717, 1.165) is 11.1 Å². The second kappa shape index (κ2) is 15.9. The van der Waals surface area contributed by atoms with Gasteiger partial charge in [0.1, 0.15) is 40.7 Å². The molecule has 276 valence electrons. The molecule has 2 N–H and O–H groups in total. The molecule has 50 heavy (non-hydrogen) atoms. The molecule has 1 aromatic rings. The Hall–Kier alpha value is -3.30. The van der Waals surface area contributed by atoms with Gasteiger partial charge in [0, 0.05) is 40.0 Å². The SMILES string of the molecule is COc1cc2cc(c1Cl)N(C)C(=O)CC(OC(=O)[C@H](C)N(C)C(=O)CCS)[C@]1(C)O[C@H]1[C@H](C)[C@@H]1C[C@@](O)(NC(=O)O1)C(OC)/C=C\C=C(/C)C2. The van der Waals surface area contributed by atoms with Crippen molar-refractivity contribution in [3.63, 3.8) is 0 Å². The number of likely N-dealkylation sites (N-methyl/N-ethyl adjacent to an activating group) is 1. The number of halogens is 1. The van der Waals surface area contributed by atoms with Gasteiger partial charge in [0.25, 0.3) is 0 Å². The monoisotopic (exact) mass is 737 g/mol. The summed E-state index contributed by atoms with van der Waals surface area (Å²) >= 11 is 10.8. The average molecular weight is 738 g/mol. The molecule has 3 heterocycles. The lowest BCUT2D eigenvalue weighted by Gasteiger charge is -2.42. The Balaban J connectivity index is 1.78. The molecule has 3 aliphatic rings. The lowest BCUT2D eigenvalue weighted by Crippen LogP contribution is -2.63. The molecular formula is C35H48ClN3O10S. The van der Waals surface area contributed by atoms with Crippen molar-refractivity contribution in [2.24, 2.45) is 5.92 Å². The summed E-state index contributed by atoms with van der Waals surface area (Å²) in [7, 11) is 5.98. The van der Waals surface area contributed by atoms with Gasteiger partial charge < -0.3 is 38.6 Å². The summed E-state index contributed by atoms with van der Waals surface area (Å²) in [5.74, 6) is -1.30. The van der Waals surface area contributed by atoms with Gasteiger partial charge >= 0.3 is 12.1 Å². The number of aliphatic hydroxyl groups is 1. The van der Waals surface area contributed by atoms with E-state index >= 15 is 0 Å². The summed E-state index contributed by atoms with van der Waals surface area (Å²) in [5, 5.41) is 14.4. The van der Waals surface area contributed by atoms with Crippen molar-refractivity contribution in [3.8, 4) is 5.75 Å². The van der Waals surface area contributed by atoms with Crippen LogP contribution in [0.15, 0.2) is 35.9 Å². The highest BCUT2D eigenvalue weighted by molar-refractivity contribution is 7.80. The fraction of sp³-hybridized carbons (Fsp3) is 0.600.